The first-order valence-electron chi connectivity index (χ1n) is 9.45. The van der Waals surface area contributed by atoms with Crippen LogP contribution >= 0.6 is 0 Å². The van der Waals surface area contributed by atoms with Crippen molar-refractivity contribution in [3.8, 4) is 0 Å². The molecule has 124 valence electrons. The molecule has 0 saturated heterocycles. The molecule has 0 aromatic carbocycles. The van der Waals surface area contributed by atoms with Gasteiger partial charge in [0.15, 0.2) is 5.78 Å². The topological polar surface area (TPSA) is 60.2 Å². The van der Waals surface area contributed by atoms with Crippen molar-refractivity contribution in [2.75, 3.05) is 0 Å². The average molecular weight is 313 g/mol. The van der Waals surface area contributed by atoms with Crippen molar-refractivity contribution in [1.82, 2.24) is 0 Å². The number of rotatable bonds is 0. The lowest BCUT2D eigenvalue weighted by Gasteiger charge is -2.57. The van der Waals surface area contributed by atoms with Crippen LogP contribution in [-0.4, -0.2) is 11.6 Å². The van der Waals surface area contributed by atoms with Crippen molar-refractivity contribution in [3.05, 3.63) is 11.3 Å². The van der Waals surface area contributed by atoms with E-state index in [2.05, 4.69) is 13.8 Å². The highest BCUT2D eigenvalue weighted by Crippen LogP contribution is 2.71. The summed E-state index contributed by atoms with van der Waals surface area (Å²) in [6, 6.07) is 0. The van der Waals surface area contributed by atoms with Crippen LogP contribution in [0.4, 0.5) is 0 Å². The fourth-order valence-electron chi connectivity index (χ4n) is 7.43. The highest BCUT2D eigenvalue weighted by molar-refractivity contribution is 6.00. The van der Waals surface area contributed by atoms with Gasteiger partial charge in [-0.25, -0.2) is 0 Å². The number of fused-ring (bicyclic) bond motifs is 7. The van der Waals surface area contributed by atoms with Crippen molar-refractivity contribution in [3.63, 3.8) is 0 Å². The van der Waals surface area contributed by atoms with Crippen LogP contribution in [0.25, 0.3) is 0 Å². The minimum atomic E-state index is -0.0578. The molecule has 0 bridgehead atoms. The fourth-order valence-corrected chi connectivity index (χ4v) is 7.43. The lowest BCUT2D eigenvalue weighted by atomic mass is 9.47. The second-order valence-electron chi connectivity index (χ2n) is 9.32. The van der Waals surface area contributed by atoms with Crippen LogP contribution in [0.15, 0.2) is 11.3 Å². The number of ketones is 2. The molecule has 5 aliphatic rings. The number of carbonyl (C=O) groups excluding carboxylic acids is 2. The van der Waals surface area contributed by atoms with Gasteiger partial charge in [0.1, 0.15) is 5.78 Å². The zero-order valence-corrected chi connectivity index (χ0v) is 14.2. The molecule has 23 heavy (non-hydrogen) atoms. The summed E-state index contributed by atoms with van der Waals surface area (Å²) < 4.78 is 0. The van der Waals surface area contributed by atoms with Gasteiger partial charge in [0.2, 0.25) is 0 Å². The first-order valence-corrected chi connectivity index (χ1v) is 9.45. The van der Waals surface area contributed by atoms with E-state index in [0.29, 0.717) is 35.2 Å². The molecule has 3 heteroatoms. The molecule has 4 fully saturated rings. The fraction of sp³-hybridized carbons (Fsp3) is 0.800. The van der Waals surface area contributed by atoms with Crippen LogP contribution in [0.2, 0.25) is 0 Å². The summed E-state index contributed by atoms with van der Waals surface area (Å²) in [7, 11) is 0. The molecule has 5 rings (SSSR count). The van der Waals surface area contributed by atoms with Crippen molar-refractivity contribution >= 4 is 11.6 Å². The lowest BCUT2D eigenvalue weighted by molar-refractivity contribution is -0.133. The van der Waals surface area contributed by atoms with E-state index in [0.717, 1.165) is 44.9 Å². The van der Waals surface area contributed by atoms with E-state index < -0.39 is 0 Å². The van der Waals surface area contributed by atoms with Crippen molar-refractivity contribution < 1.29 is 9.59 Å². The van der Waals surface area contributed by atoms with Gasteiger partial charge in [0, 0.05) is 17.8 Å². The number of Topliss-reactive ketones (excluding diaryl/α,β-unsaturated/α-hetero) is 2. The third-order valence-corrected chi connectivity index (χ3v) is 8.78. The minimum Gasteiger partial charge on any atom is -0.396 e. The van der Waals surface area contributed by atoms with Gasteiger partial charge in [-0.2, -0.15) is 0 Å². The van der Waals surface area contributed by atoms with Crippen LogP contribution in [0.1, 0.15) is 58.8 Å². The van der Waals surface area contributed by atoms with E-state index >= 15 is 0 Å². The predicted octanol–water partition coefficient (Wildman–Crippen LogP) is 3.23. The third kappa shape index (κ3) is 1.48. The van der Waals surface area contributed by atoms with Crippen LogP contribution in [0, 0.1) is 40.4 Å². The minimum absolute atomic E-state index is 0.0578. The molecular formula is C20H27NO2. The molecule has 0 aliphatic heterocycles. The number of hydrogen-bond acceptors (Lipinski definition) is 3. The molecule has 4 saturated carbocycles. The molecule has 1 unspecified atom stereocenters. The Hall–Kier alpha value is -1.12. The summed E-state index contributed by atoms with van der Waals surface area (Å²) in [6.45, 7) is 4.64. The van der Waals surface area contributed by atoms with E-state index in [4.69, 9.17) is 5.73 Å². The summed E-state index contributed by atoms with van der Waals surface area (Å²) in [6.07, 6.45) is 7.24. The maximum atomic E-state index is 12.5. The van der Waals surface area contributed by atoms with Crippen molar-refractivity contribution in [2.24, 2.45) is 46.2 Å². The third-order valence-electron chi connectivity index (χ3n) is 8.78. The summed E-state index contributed by atoms with van der Waals surface area (Å²) in [5.74, 6) is 3.36. The first-order chi connectivity index (χ1) is 10.9. The summed E-state index contributed by atoms with van der Waals surface area (Å²) in [4.78, 5) is 24.8. The molecule has 0 aromatic heterocycles. The largest absolute Gasteiger partial charge is 0.396 e. The van der Waals surface area contributed by atoms with Gasteiger partial charge in [-0.05, 0) is 73.2 Å². The smallest absolute Gasteiger partial charge is 0.181 e. The second-order valence-corrected chi connectivity index (χ2v) is 9.32. The number of hydrogen-bond donors (Lipinski definition) is 1. The van der Waals surface area contributed by atoms with Gasteiger partial charge < -0.3 is 5.73 Å². The molecule has 0 aromatic rings. The summed E-state index contributed by atoms with van der Waals surface area (Å²) in [5, 5.41) is 0. The molecule has 2 N–H and O–H groups in total. The Labute approximate surface area is 138 Å². The highest BCUT2D eigenvalue weighted by Gasteiger charge is 2.67. The molecule has 0 radical (unpaired) electrons. The van der Waals surface area contributed by atoms with Crippen LogP contribution in [-0.2, 0) is 9.59 Å². The zero-order valence-electron chi connectivity index (χ0n) is 14.2. The van der Waals surface area contributed by atoms with Gasteiger partial charge in [-0.15, -0.1) is 0 Å². The summed E-state index contributed by atoms with van der Waals surface area (Å²) in [5.41, 5.74) is 8.27. The maximum absolute atomic E-state index is 12.5. The predicted molar refractivity (Wildman–Crippen MR) is 87.2 cm³/mol. The molecule has 0 spiro atoms. The Balaban J connectivity index is 1.58. The molecular weight excluding hydrogens is 286 g/mol. The Bertz CT molecular complexity index is 665. The normalized spacial score (nSPS) is 54.3. The SMILES string of the molecule is C[C@]12CC[C@H]3[C@@H](CCC4=C(N)C(=O)[C@H]5CC5[C@@]43C)[C@@H]1CCC2=O. The number of nitrogens with two attached hydrogens (primary N) is 1. The van der Waals surface area contributed by atoms with Gasteiger partial charge in [0.25, 0.3) is 0 Å². The van der Waals surface area contributed by atoms with E-state index in [-0.39, 0.29) is 22.5 Å². The van der Waals surface area contributed by atoms with E-state index in [1.165, 1.54) is 5.57 Å². The maximum Gasteiger partial charge on any atom is 0.181 e. The van der Waals surface area contributed by atoms with Gasteiger partial charge in [-0.3, -0.25) is 9.59 Å². The Morgan fingerprint density at radius 2 is 1.78 bits per heavy atom. The molecule has 0 heterocycles. The average Bonchev–Trinajstić information content (AvgIpc) is 3.27. The first kappa shape index (κ1) is 14.2. The quantitative estimate of drug-likeness (QED) is 0.747. The Morgan fingerprint density at radius 3 is 2.57 bits per heavy atom. The Kier molecular flexibility index (Phi) is 2.54. The lowest BCUT2D eigenvalue weighted by Crippen LogP contribution is -2.52. The zero-order chi connectivity index (χ0) is 16.1. The van der Waals surface area contributed by atoms with Crippen molar-refractivity contribution in [1.29, 1.82) is 0 Å². The molecule has 5 aliphatic carbocycles. The van der Waals surface area contributed by atoms with Gasteiger partial charge in [0.05, 0.1) is 5.70 Å². The molecule has 3 nitrogen and oxygen atoms in total. The van der Waals surface area contributed by atoms with Gasteiger partial charge in [-0.1, -0.05) is 13.8 Å². The monoisotopic (exact) mass is 313 g/mol. The van der Waals surface area contributed by atoms with Crippen LogP contribution in [0.3, 0.4) is 0 Å². The summed E-state index contributed by atoms with van der Waals surface area (Å²) >= 11 is 0. The van der Waals surface area contributed by atoms with E-state index in [9.17, 15) is 9.59 Å². The number of carbonyl (C=O) groups is 2. The van der Waals surface area contributed by atoms with E-state index in [1.807, 2.05) is 0 Å². The van der Waals surface area contributed by atoms with Crippen molar-refractivity contribution in [2.45, 2.75) is 58.8 Å². The second kappa shape index (κ2) is 4.10. The molecule has 7 atom stereocenters. The van der Waals surface area contributed by atoms with Crippen LogP contribution in [0.5, 0.6) is 0 Å². The Morgan fingerprint density at radius 1 is 1.00 bits per heavy atom. The molecule has 0 amide bonds. The van der Waals surface area contributed by atoms with Gasteiger partial charge >= 0.3 is 0 Å². The number of allylic oxidation sites excluding steroid dienone is 1. The van der Waals surface area contributed by atoms with Crippen LogP contribution < -0.4 is 5.73 Å². The highest BCUT2D eigenvalue weighted by atomic mass is 16.1. The standard InChI is InChI=1S/C20H27NO2/c1-19-8-7-13-10(12(19)5-6-16(19)22)3-4-14-17(21)18(23)11-9-15(11)20(13,14)2/h10-13,15H,3-9,21H2,1-2H3/t10-,11-,12-,13-,15?,19-,20+/m0/s1. The van der Waals surface area contributed by atoms with E-state index in [1.54, 1.807) is 0 Å².